The van der Waals surface area contributed by atoms with Gasteiger partial charge in [0.05, 0.1) is 11.7 Å². The van der Waals surface area contributed by atoms with Gasteiger partial charge in [-0.15, -0.1) is 0 Å². The third kappa shape index (κ3) is 4.62. The Bertz CT molecular complexity index is 1110. The molecule has 3 aromatic rings. The maximum atomic E-state index is 13.3. The van der Waals surface area contributed by atoms with E-state index < -0.39 is 0 Å². The smallest absolute Gasteiger partial charge is 0.322 e. The molecule has 1 aliphatic rings. The second-order valence-electron chi connectivity index (χ2n) is 8.44. The van der Waals surface area contributed by atoms with Gasteiger partial charge in [-0.05, 0) is 42.3 Å². The van der Waals surface area contributed by atoms with Gasteiger partial charge in [0.15, 0.2) is 0 Å². The quantitative estimate of drug-likeness (QED) is 0.553. The molecule has 1 unspecified atom stereocenters. The maximum absolute atomic E-state index is 13.3. The third-order valence-corrected chi connectivity index (χ3v) is 6.34. The molecule has 3 amide bonds. The monoisotopic (exact) mass is 429 g/mol. The van der Waals surface area contributed by atoms with E-state index in [9.17, 15) is 9.59 Å². The molecule has 1 atom stereocenters. The minimum absolute atomic E-state index is 0.00354. The van der Waals surface area contributed by atoms with Crippen LogP contribution >= 0.6 is 0 Å². The molecule has 0 radical (unpaired) electrons. The number of benzene rings is 3. The van der Waals surface area contributed by atoms with E-state index in [1.807, 2.05) is 59.5 Å². The molecule has 1 heterocycles. The number of hydrogen-bond donors (Lipinski definition) is 1. The van der Waals surface area contributed by atoms with Crippen molar-refractivity contribution >= 4 is 28.4 Å². The Morgan fingerprint density at radius 1 is 1.03 bits per heavy atom. The van der Waals surface area contributed by atoms with Crippen molar-refractivity contribution in [3.05, 3.63) is 77.9 Å². The van der Waals surface area contributed by atoms with Crippen LogP contribution in [0.15, 0.2) is 66.7 Å². The Hall–Kier alpha value is -3.34. The average molecular weight is 430 g/mol. The number of unbranched alkanes of at least 4 members (excludes halogenated alkanes) is 1. The van der Waals surface area contributed by atoms with E-state index in [1.54, 1.807) is 4.90 Å². The number of fused-ring (bicyclic) bond motifs is 2. The van der Waals surface area contributed by atoms with Gasteiger partial charge in [0.2, 0.25) is 5.91 Å². The van der Waals surface area contributed by atoms with Gasteiger partial charge in [-0.3, -0.25) is 4.79 Å². The fraction of sp³-hybridized carbons (Fsp3) is 0.333. The molecule has 1 aliphatic heterocycles. The van der Waals surface area contributed by atoms with Crippen molar-refractivity contribution in [1.82, 2.24) is 9.80 Å². The molecular formula is C27H31N3O2. The highest BCUT2D eigenvalue weighted by molar-refractivity contribution is 6.02. The predicted octanol–water partition coefficient (Wildman–Crippen LogP) is 5.62. The highest BCUT2D eigenvalue weighted by atomic mass is 16.2. The molecule has 0 fully saturated rings. The second-order valence-corrected chi connectivity index (χ2v) is 8.44. The highest BCUT2D eigenvalue weighted by Gasteiger charge is 2.29. The Kier molecular flexibility index (Phi) is 6.74. The van der Waals surface area contributed by atoms with Gasteiger partial charge in [-0.2, -0.15) is 0 Å². The molecule has 1 N–H and O–H groups in total. The fourth-order valence-electron chi connectivity index (χ4n) is 4.50. The minimum Gasteiger partial charge on any atom is -0.334 e. The molecule has 0 saturated heterocycles. The maximum Gasteiger partial charge on any atom is 0.322 e. The van der Waals surface area contributed by atoms with Crippen LogP contribution in [-0.4, -0.2) is 41.4 Å². The van der Waals surface area contributed by atoms with Crippen LogP contribution < -0.4 is 5.32 Å². The highest BCUT2D eigenvalue weighted by Crippen LogP contribution is 2.29. The number of carbonyl (C=O) groups is 2. The average Bonchev–Trinajstić information content (AvgIpc) is 2.82. The van der Waals surface area contributed by atoms with Crippen molar-refractivity contribution in [2.45, 2.75) is 39.2 Å². The molecule has 166 valence electrons. The molecular weight excluding hydrogens is 398 g/mol. The molecule has 5 nitrogen and oxygen atoms in total. The first kappa shape index (κ1) is 21.9. The number of nitrogens with zero attached hydrogens (tertiary/aromatic N) is 2. The van der Waals surface area contributed by atoms with Crippen LogP contribution in [0.1, 0.15) is 43.9 Å². The van der Waals surface area contributed by atoms with Crippen LogP contribution in [0, 0.1) is 0 Å². The third-order valence-electron chi connectivity index (χ3n) is 6.34. The summed E-state index contributed by atoms with van der Waals surface area (Å²) >= 11 is 0. The van der Waals surface area contributed by atoms with Crippen molar-refractivity contribution in [3.63, 3.8) is 0 Å². The first-order valence-corrected chi connectivity index (χ1v) is 11.5. The zero-order valence-electron chi connectivity index (χ0n) is 18.9. The van der Waals surface area contributed by atoms with Gasteiger partial charge < -0.3 is 15.1 Å². The van der Waals surface area contributed by atoms with Gasteiger partial charge in [0, 0.05) is 18.5 Å². The summed E-state index contributed by atoms with van der Waals surface area (Å²) in [5.74, 6) is -0.00354. The van der Waals surface area contributed by atoms with Gasteiger partial charge in [0.1, 0.15) is 6.54 Å². The molecule has 0 bridgehead atoms. The van der Waals surface area contributed by atoms with Crippen LogP contribution in [0.3, 0.4) is 0 Å². The molecule has 0 aliphatic carbocycles. The first-order valence-electron chi connectivity index (χ1n) is 11.5. The van der Waals surface area contributed by atoms with Crippen LogP contribution in [0.25, 0.3) is 10.8 Å². The SMILES string of the molecule is CCCCN(CC(=O)N1CCc2ccccc2C1C)C(=O)Nc1cccc2ccccc12. The van der Waals surface area contributed by atoms with E-state index in [0.717, 1.165) is 35.7 Å². The summed E-state index contributed by atoms with van der Waals surface area (Å²) in [6.07, 6.45) is 2.66. The van der Waals surface area contributed by atoms with Crippen LogP contribution in [0.2, 0.25) is 0 Å². The predicted molar refractivity (Wildman–Crippen MR) is 130 cm³/mol. The molecule has 0 saturated carbocycles. The van der Waals surface area contributed by atoms with E-state index in [1.165, 1.54) is 11.1 Å². The lowest BCUT2D eigenvalue weighted by Crippen LogP contribution is -2.47. The Balaban J connectivity index is 1.49. The summed E-state index contributed by atoms with van der Waals surface area (Å²) in [7, 11) is 0. The van der Waals surface area contributed by atoms with Gasteiger partial charge in [-0.25, -0.2) is 4.79 Å². The summed E-state index contributed by atoms with van der Waals surface area (Å²) < 4.78 is 0. The van der Waals surface area contributed by atoms with Gasteiger partial charge in [0.25, 0.3) is 0 Å². The number of hydrogen-bond acceptors (Lipinski definition) is 2. The first-order chi connectivity index (χ1) is 15.6. The standard InChI is InChI=1S/C27H31N3O2/c1-3-4-17-29(27(32)28-25-15-9-12-21-10-6-8-14-24(21)25)19-26(31)30-18-16-22-11-5-7-13-23(22)20(30)2/h5-15,20H,3-4,16-19H2,1-2H3,(H,28,32). The van der Waals surface area contributed by atoms with Gasteiger partial charge >= 0.3 is 6.03 Å². The van der Waals surface area contributed by atoms with Crippen molar-refractivity contribution in [3.8, 4) is 0 Å². The summed E-state index contributed by atoms with van der Waals surface area (Å²) in [5.41, 5.74) is 3.27. The summed E-state index contributed by atoms with van der Waals surface area (Å²) in [4.78, 5) is 30.0. The number of rotatable bonds is 6. The largest absolute Gasteiger partial charge is 0.334 e. The number of carbonyl (C=O) groups excluding carboxylic acids is 2. The number of anilines is 1. The van der Waals surface area contributed by atoms with Crippen molar-refractivity contribution in [1.29, 1.82) is 0 Å². The number of amides is 3. The van der Waals surface area contributed by atoms with Crippen LogP contribution in [0.5, 0.6) is 0 Å². The van der Waals surface area contributed by atoms with Gasteiger partial charge in [-0.1, -0.05) is 74.0 Å². The lowest BCUT2D eigenvalue weighted by Gasteiger charge is -2.36. The zero-order chi connectivity index (χ0) is 22.5. The van der Waals surface area contributed by atoms with E-state index in [4.69, 9.17) is 0 Å². The Morgan fingerprint density at radius 3 is 2.62 bits per heavy atom. The van der Waals surface area contributed by atoms with E-state index >= 15 is 0 Å². The van der Waals surface area contributed by atoms with Crippen LogP contribution in [0.4, 0.5) is 10.5 Å². The molecule has 32 heavy (non-hydrogen) atoms. The molecule has 3 aromatic carbocycles. The molecule has 0 aromatic heterocycles. The minimum atomic E-state index is -0.229. The Morgan fingerprint density at radius 2 is 1.78 bits per heavy atom. The van der Waals surface area contributed by atoms with Crippen molar-refractivity contribution < 1.29 is 9.59 Å². The lowest BCUT2D eigenvalue weighted by atomic mass is 9.93. The summed E-state index contributed by atoms with van der Waals surface area (Å²) in [6.45, 7) is 5.49. The summed E-state index contributed by atoms with van der Waals surface area (Å²) in [5, 5.41) is 5.11. The van der Waals surface area contributed by atoms with E-state index in [0.29, 0.717) is 13.1 Å². The van der Waals surface area contributed by atoms with Crippen LogP contribution in [-0.2, 0) is 11.2 Å². The van der Waals surface area contributed by atoms with E-state index in [2.05, 4.69) is 31.3 Å². The van der Waals surface area contributed by atoms with E-state index in [-0.39, 0.29) is 24.5 Å². The second kappa shape index (κ2) is 9.86. The fourth-order valence-corrected chi connectivity index (χ4v) is 4.50. The van der Waals surface area contributed by atoms with Crippen molar-refractivity contribution in [2.75, 3.05) is 25.0 Å². The molecule has 5 heteroatoms. The normalized spacial score (nSPS) is 15.3. The lowest BCUT2D eigenvalue weighted by molar-refractivity contribution is -0.134. The number of urea groups is 1. The molecule has 4 rings (SSSR count). The Labute approximate surface area is 190 Å². The topological polar surface area (TPSA) is 52.7 Å². The van der Waals surface area contributed by atoms with Crippen molar-refractivity contribution in [2.24, 2.45) is 0 Å². The number of nitrogens with one attached hydrogen (secondary N) is 1. The summed E-state index contributed by atoms with van der Waals surface area (Å²) in [6, 6.07) is 21.9. The molecule has 0 spiro atoms. The zero-order valence-corrected chi connectivity index (χ0v) is 18.9.